The Labute approximate surface area is 201 Å². The summed E-state index contributed by atoms with van der Waals surface area (Å²) in [5, 5.41) is 11.4. The van der Waals surface area contributed by atoms with E-state index in [-0.39, 0.29) is 24.2 Å². The van der Waals surface area contributed by atoms with Crippen LogP contribution in [0.2, 0.25) is 0 Å². The van der Waals surface area contributed by atoms with Crippen LogP contribution < -0.4 is 10.1 Å². The van der Waals surface area contributed by atoms with E-state index in [1.165, 1.54) is 23.5 Å². The number of Topliss-reactive ketones (excluding diaryl/α,β-unsaturated/α-hetero) is 1. The minimum Gasteiger partial charge on any atom is -0.404 e. The largest absolute Gasteiger partial charge is 0.573 e. The molecule has 0 unspecified atom stereocenters. The lowest BCUT2D eigenvalue weighted by molar-refractivity contribution is -0.274. The molecule has 0 spiro atoms. The molecule has 1 N–H and O–H groups in total. The molecule has 1 fully saturated rings. The van der Waals surface area contributed by atoms with Gasteiger partial charge in [-0.15, -0.1) is 23.4 Å². The Bertz CT molecular complexity index is 1180. The number of nitrogens with one attached hydrogen (secondary N) is 1. The summed E-state index contributed by atoms with van der Waals surface area (Å²) in [6.07, 6.45) is -3.48. The topological polar surface area (TPSA) is 107 Å². The number of nitrogens with zero attached hydrogens (tertiary/aromatic N) is 4. The molecule has 13 heteroatoms. The van der Waals surface area contributed by atoms with Crippen LogP contribution in [0.15, 0.2) is 42.6 Å². The van der Waals surface area contributed by atoms with Gasteiger partial charge in [0.25, 0.3) is 0 Å². The Morgan fingerprint density at radius 1 is 1.14 bits per heavy atom. The molecule has 4 rings (SSSR count). The summed E-state index contributed by atoms with van der Waals surface area (Å²) >= 11 is 1.19. The van der Waals surface area contributed by atoms with Crippen molar-refractivity contribution in [3.8, 4) is 16.5 Å². The Hall–Kier alpha value is -3.42. The second-order valence-electron chi connectivity index (χ2n) is 7.51. The number of amides is 1. The van der Waals surface area contributed by atoms with E-state index in [0.717, 1.165) is 6.07 Å². The molecular weight excluding hydrogens is 487 g/mol. The van der Waals surface area contributed by atoms with Gasteiger partial charge in [0.15, 0.2) is 16.5 Å². The number of ketones is 1. The molecule has 0 bridgehead atoms. The van der Waals surface area contributed by atoms with Crippen molar-refractivity contribution in [1.82, 2.24) is 20.1 Å². The van der Waals surface area contributed by atoms with E-state index in [0.29, 0.717) is 42.0 Å². The molecule has 9 nitrogen and oxygen atoms in total. The SMILES string of the molecule is O=C(CN1CCOCC1)Nc1cc(C(=O)Cc2nnc(-c3ccccn3)s2)ccc1OC(F)(F)F. The molecule has 2 aromatic heterocycles. The minimum atomic E-state index is -4.97. The van der Waals surface area contributed by atoms with Gasteiger partial charge >= 0.3 is 6.36 Å². The predicted molar refractivity (Wildman–Crippen MR) is 120 cm³/mol. The maximum absolute atomic E-state index is 12.9. The smallest absolute Gasteiger partial charge is 0.404 e. The quantitative estimate of drug-likeness (QED) is 0.464. The van der Waals surface area contributed by atoms with Crippen molar-refractivity contribution in [3.63, 3.8) is 0 Å². The highest BCUT2D eigenvalue weighted by Crippen LogP contribution is 2.32. The van der Waals surface area contributed by atoms with E-state index < -0.39 is 23.8 Å². The van der Waals surface area contributed by atoms with E-state index in [2.05, 4.69) is 25.2 Å². The third-order valence-corrected chi connectivity index (χ3v) is 5.88. The van der Waals surface area contributed by atoms with Crippen LogP contribution in [0.4, 0.5) is 18.9 Å². The standard InChI is InChI=1S/C22H20F3N5O4S/c23-22(24,25)34-18-5-4-14(11-16(18)27-19(32)13-30-7-9-33-10-8-30)17(31)12-20-28-29-21(35-20)15-3-1-2-6-26-15/h1-6,11H,7-10,12-13H2,(H,27,32). The average molecular weight is 507 g/mol. The minimum absolute atomic E-state index is 0.0337. The van der Waals surface area contributed by atoms with Gasteiger partial charge in [0.2, 0.25) is 5.91 Å². The van der Waals surface area contributed by atoms with Crippen LogP contribution in [0.5, 0.6) is 5.75 Å². The maximum Gasteiger partial charge on any atom is 0.573 e. The summed E-state index contributed by atoms with van der Waals surface area (Å²) in [7, 11) is 0. The molecule has 1 aliphatic heterocycles. The molecule has 1 saturated heterocycles. The molecule has 1 amide bonds. The molecule has 0 aliphatic carbocycles. The van der Waals surface area contributed by atoms with Gasteiger partial charge < -0.3 is 14.8 Å². The molecule has 0 saturated carbocycles. The van der Waals surface area contributed by atoms with E-state index in [9.17, 15) is 22.8 Å². The van der Waals surface area contributed by atoms with Crippen LogP contribution in [0.25, 0.3) is 10.7 Å². The number of halogens is 3. The molecule has 1 aromatic carbocycles. The van der Waals surface area contributed by atoms with E-state index in [1.807, 2.05) is 4.90 Å². The van der Waals surface area contributed by atoms with Crippen molar-refractivity contribution in [2.24, 2.45) is 0 Å². The number of benzene rings is 1. The molecule has 35 heavy (non-hydrogen) atoms. The van der Waals surface area contributed by atoms with Gasteiger partial charge in [0.05, 0.1) is 31.9 Å². The summed E-state index contributed by atoms with van der Waals surface area (Å²) in [5.41, 5.74) is 0.455. The number of hydrogen-bond acceptors (Lipinski definition) is 9. The van der Waals surface area contributed by atoms with Crippen molar-refractivity contribution in [2.75, 3.05) is 38.2 Å². The number of ether oxygens (including phenoxy) is 2. The number of pyridine rings is 1. The lowest BCUT2D eigenvalue weighted by atomic mass is 10.1. The van der Waals surface area contributed by atoms with Crippen LogP contribution in [0, 0.1) is 0 Å². The average Bonchev–Trinajstić information content (AvgIpc) is 3.29. The zero-order valence-electron chi connectivity index (χ0n) is 18.2. The first-order valence-corrected chi connectivity index (χ1v) is 11.4. The molecule has 3 aromatic rings. The third-order valence-electron chi connectivity index (χ3n) is 4.93. The number of carbonyl (C=O) groups is 2. The van der Waals surface area contributed by atoms with Crippen LogP contribution in [0.3, 0.4) is 0 Å². The van der Waals surface area contributed by atoms with E-state index in [1.54, 1.807) is 24.4 Å². The number of hydrogen-bond donors (Lipinski definition) is 1. The summed E-state index contributed by atoms with van der Waals surface area (Å²) in [6, 6.07) is 8.71. The van der Waals surface area contributed by atoms with Crippen LogP contribution in [-0.4, -0.2) is 71.0 Å². The van der Waals surface area contributed by atoms with Crippen molar-refractivity contribution in [1.29, 1.82) is 0 Å². The predicted octanol–water partition coefficient (Wildman–Crippen LogP) is 3.19. The van der Waals surface area contributed by atoms with E-state index in [4.69, 9.17) is 4.74 Å². The Morgan fingerprint density at radius 2 is 1.94 bits per heavy atom. The summed E-state index contributed by atoms with van der Waals surface area (Å²) in [5.74, 6) is -1.55. The zero-order chi connectivity index (χ0) is 24.8. The second kappa shape index (κ2) is 10.9. The molecule has 1 aliphatic rings. The number of aromatic nitrogens is 3. The first-order valence-electron chi connectivity index (χ1n) is 10.5. The number of anilines is 1. The highest BCUT2D eigenvalue weighted by Gasteiger charge is 2.32. The van der Waals surface area contributed by atoms with Crippen molar-refractivity contribution < 1.29 is 32.2 Å². The van der Waals surface area contributed by atoms with Crippen molar-refractivity contribution in [2.45, 2.75) is 12.8 Å². The lowest BCUT2D eigenvalue weighted by Gasteiger charge is -2.26. The van der Waals surface area contributed by atoms with Crippen LogP contribution in [-0.2, 0) is 16.0 Å². The first kappa shape index (κ1) is 24.7. The number of morpholine rings is 1. The fourth-order valence-corrected chi connectivity index (χ4v) is 4.14. The van der Waals surface area contributed by atoms with Crippen molar-refractivity contribution in [3.05, 3.63) is 53.2 Å². The van der Waals surface area contributed by atoms with Gasteiger partial charge in [-0.05, 0) is 30.3 Å². The highest BCUT2D eigenvalue weighted by atomic mass is 32.1. The molecule has 184 valence electrons. The summed E-state index contributed by atoms with van der Waals surface area (Å²) in [6.45, 7) is 1.95. The van der Waals surface area contributed by atoms with Crippen LogP contribution in [0.1, 0.15) is 15.4 Å². The maximum atomic E-state index is 12.9. The zero-order valence-corrected chi connectivity index (χ0v) is 19.1. The highest BCUT2D eigenvalue weighted by molar-refractivity contribution is 7.14. The molecule has 3 heterocycles. The first-order chi connectivity index (χ1) is 16.8. The number of alkyl halides is 3. The Balaban J connectivity index is 1.49. The summed E-state index contributed by atoms with van der Waals surface area (Å²) in [4.78, 5) is 31.3. The summed E-state index contributed by atoms with van der Waals surface area (Å²) < 4.78 is 47.9. The monoisotopic (exact) mass is 507 g/mol. The Kier molecular flexibility index (Phi) is 7.68. The van der Waals surface area contributed by atoms with Gasteiger partial charge in [-0.25, -0.2) is 0 Å². The van der Waals surface area contributed by atoms with Gasteiger partial charge in [0.1, 0.15) is 10.7 Å². The Morgan fingerprint density at radius 3 is 2.66 bits per heavy atom. The molecular formula is C22H20F3N5O4S. The van der Waals surface area contributed by atoms with Gasteiger partial charge in [-0.3, -0.25) is 19.5 Å². The fraction of sp³-hybridized carbons (Fsp3) is 0.318. The van der Waals surface area contributed by atoms with Gasteiger partial charge in [-0.1, -0.05) is 17.4 Å². The number of rotatable bonds is 8. The third kappa shape index (κ3) is 7.04. The van der Waals surface area contributed by atoms with Gasteiger partial charge in [-0.2, -0.15) is 0 Å². The van der Waals surface area contributed by atoms with Crippen LogP contribution >= 0.6 is 11.3 Å². The lowest BCUT2D eigenvalue weighted by Crippen LogP contribution is -2.41. The van der Waals surface area contributed by atoms with E-state index >= 15 is 0 Å². The normalized spacial score (nSPS) is 14.5. The molecule has 0 atom stereocenters. The molecule has 0 radical (unpaired) electrons. The fourth-order valence-electron chi connectivity index (χ4n) is 3.32. The van der Waals surface area contributed by atoms with Crippen molar-refractivity contribution >= 4 is 28.7 Å². The second-order valence-corrected chi connectivity index (χ2v) is 8.57. The number of carbonyl (C=O) groups excluding carboxylic acids is 2. The van der Waals surface area contributed by atoms with Gasteiger partial charge in [0, 0.05) is 24.8 Å².